The summed E-state index contributed by atoms with van der Waals surface area (Å²) < 4.78 is 5.58. The summed E-state index contributed by atoms with van der Waals surface area (Å²) in [7, 11) is 2.02. The number of hydrogen-bond acceptors (Lipinski definition) is 6. The average molecular weight is 463 g/mol. The van der Waals surface area contributed by atoms with Gasteiger partial charge in [0.1, 0.15) is 12.1 Å². The maximum absolute atomic E-state index is 11.6. The van der Waals surface area contributed by atoms with Crippen LogP contribution < -0.4 is 11.1 Å². The van der Waals surface area contributed by atoms with Crippen molar-refractivity contribution in [2.24, 2.45) is 22.6 Å². The molecule has 0 radical (unpaired) electrons. The van der Waals surface area contributed by atoms with Crippen LogP contribution in [0.1, 0.15) is 30.9 Å². The van der Waals surface area contributed by atoms with Gasteiger partial charge in [-0.3, -0.25) is 4.79 Å². The van der Waals surface area contributed by atoms with E-state index >= 15 is 0 Å². The Labute approximate surface area is 201 Å². The zero-order chi connectivity index (χ0) is 24.3. The number of benzene rings is 1. The molecule has 1 amide bonds. The molecule has 7 nitrogen and oxygen atoms in total. The highest BCUT2D eigenvalue weighted by atomic mass is 16.5. The molecule has 7 heteroatoms. The summed E-state index contributed by atoms with van der Waals surface area (Å²) in [5.41, 5.74) is 11.3. The average Bonchev–Trinajstić information content (AvgIpc) is 3.01. The number of nitrogens with one attached hydrogen (secondary N) is 1. The van der Waals surface area contributed by atoms with E-state index < -0.39 is 0 Å². The molecule has 3 N–H and O–H groups in total. The first-order chi connectivity index (χ1) is 16.5. The van der Waals surface area contributed by atoms with Gasteiger partial charge in [0.05, 0.1) is 18.9 Å². The Kier molecular flexibility index (Phi) is 9.40. The smallest absolute Gasteiger partial charge is 0.207 e. The standard InChI is InChI=1S/C27H34N4O3/c1-3-31(2)11-8-23-16-21(5-7-25(23)18-32)22-4-6-24-14-20(9-12-34-13-10-29-19-33)15-27(28)30-26(24)17-22/h4-8,11,14,16-19,23,25H,3,9-10,12-13,15H2,1-2H3,(H2,28,30)(H,29,33)/b11-8-. The van der Waals surface area contributed by atoms with Crippen LogP contribution in [0.3, 0.4) is 0 Å². The molecule has 2 atom stereocenters. The van der Waals surface area contributed by atoms with E-state index in [2.05, 4.69) is 58.6 Å². The summed E-state index contributed by atoms with van der Waals surface area (Å²) >= 11 is 0. The number of amidine groups is 1. The molecule has 0 saturated heterocycles. The molecule has 1 heterocycles. The van der Waals surface area contributed by atoms with Crippen molar-refractivity contribution < 1.29 is 14.3 Å². The predicted molar refractivity (Wildman–Crippen MR) is 137 cm³/mol. The molecule has 0 fully saturated rings. The van der Waals surface area contributed by atoms with E-state index in [0.717, 1.165) is 47.2 Å². The van der Waals surface area contributed by atoms with Gasteiger partial charge in [0, 0.05) is 44.0 Å². The highest BCUT2D eigenvalue weighted by Gasteiger charge is 2.20. The van der Waals surface area contributed by atoms with Crippen LogP contribution in [-0.2, 0) is 14.3 Å². The lowest BCUT2D eigenvalue weighted by atomic mass is 9.84. The van der Waals surface area contributed by atoms with Crippen molar-refractivity contribution in [1.29, 1.82) is 0 Å². The monoisotopic (exact) mass is 462 g/mol. The number of aldehydes is 1. The van der Waals surface area contributed by atoms with Gasteiger partial charge < -0.3 is 25.5 Å². The third-order valence-electron chi connectivity index (χ3n) is 5.97. The summed E-state index contributed by atoms with van der Waals surface area (Å²) in [6, 6.07) is 6.21. The van der Waals surface area contributed by atoms with Gasteiger partial charge in [-0.25, -0.2) is 4.99 Å². The topological polar surface area (TPSA) is 97.0 Å². The van der Waals surface area contributed by atoms with Gasteiger partial charge in [0.15, 0.2) is 0 Å². The number of carbonyl (C=O) groups excluding carboxylic acids is 2. The Morgan fingerprint density at radius 3 is 2.88 bits per heavy atom. The van der Waals surface area contributed by atoms with Gasteiger partial charge >= 0.3 is 0 Å². The minimum Gasteiger partial charge on any atom is -0.387 e. The Morgan fingerprint density at radius 1 is 1.26 bits per heavy atom. The van der Waals surface area contributed by atoms with Gasteiger partial charge in [-0.15, -0.1) is 0 Å². The van der Waals surface area contributed by atoms with Gasteiger partial charge in [0.25, 0.3) is 0 Å². The summed E-state index contributed by atoms with van der Waals surface area (Å²) in [5.74, 6) is 0.413. The van der Waals surface area contributed by atoms with Crippen molar-refractivity contribution in [3.8, 4) is 0 Å². The SMILES string of the molecule is CCN(C)/C=C\C1C=C(c2ccc3c(c2)N=C(N)CC(CCOCCNC=O)=C3)C=CC1C=O. The summed E-state index contributed by atoms with van der Waals surface area (Å²) in [4.78, 5) is 28.6. The van der Waals surface area contributed by atoms with E-state index in [0.29, 0.717) is 38.4 Å². The van der Waals surface area contributed by atoms with Crippen LogP contribution in [0.25, 0.3) is 11.6 Å². The van der Waals surface area contributed by atoms with Gasteiger partial charge in [-0.2, -0.15) is 0 Å². The summed E-state index contributed by atoms with van der Waals surface area (Å²) in [6.07, 6.45) is 15.4. The van der Waals surface area contributed by atoms with Crippen molar-refractivity contribution in [1.82, 2.24) is 10.2 Å². The van der Waals surface area contributed by atoms with Crippen LogP contribution >= 0.6 is 0 Å². The minimum absolute atomic E-state index is 0.00658. The molecule has 2 unspecified atom stereocenters. The second-order valence-corrected chi connectivity index (χ2v) is 8.48. The van der Waals surface area contributed by atoms with E-state index in [4.69, 9.17) is 10.5 Å². The van der Waals surface area contributed by atoms with Crippen molar-refractivity contribution in [3.63, 3.8) is 0 Å². The van der Waals surface area contributed by atoms with Crippen LogP contribution in [0.5, 0.6) is 0 Å². The number of ether oxygens (including phenoxy) is 1. The van der Waals surface area contributed by atoms with E-state index in [1.807, 2.05) is 25.4 Å². The number of aliphatic imine (C=N–C) groups is 1. The normalized spacial score (nSPS) is 19.5. The quantitative estimate of drug-likeness (QED) is 0.366. The minimum atomic E-state index is -0.165. The Morgan fingerprint density at radius 2 is 2.12 bits per heavy atom. The molecule has 0 saturated carbocycles. The molecule has 180 valence electrons. The van der Waals surface area contributed by atoms with Crippen molar-refractivity contribution in [2.75, 3.05) is 33.4 Å². The molecule has 1 aliphatic heterocycles. The number of hydrogen-bond donors (Lipinski definition) is 2. The summed E-state index contributed by atoms with van der Waals surface area (Å²) in [6.45, 7) is 4.54. The van der Waals surface area contributed by atoms with Crippen LogP contribution in [0.15, 0.2) is 59.3 Å². The Balaban J connectivity index is 1.77. The number of allylic oxidation sites excluding steroid dienone is 5. The van der Waals surface area contributed by atoms with E-state index in [1.165, 1.54) is 0 Å². The second-order valence-electron chi connectivity index (χ2n) is 8.48. The first kappa shape index (κ1) is 25.2. The van der Waals surface area contributed by atoms with Crippen LogP contribution in [0.4, 0.5) is 5.69 Å². The van der Waals surface area contributed by atoms with Crippen molar-refractivity contribution in [2.45, 2.75) is 19.8 Å². The molecule has 0 bridgehead atoms. The number of fused-ring (bicyclic) bond motifs is 1. The van der Waals surface area contributed by atoms with E-state index in [9.17, 15) is 9.59 Å². The number of amides is 1. The molecule has 1 aromatic carbocycles. The molecular formula is C27H34N4O3. The first-order valence-corrected chi connectivity index (χ1v) is 11.7. The van der Waals surface area contributed by atoms with Gasteiger partial charge in [0.2, 0.25) is 6.41 Å². The third-order valence-corrected chi connectivity index (χ3v) is 5.97. The number of carbonyl (C=O) groups is 2. The lowest BCUT2D eigenvalue weighted by Gasteiger charge is -2.21. The number of nitrogens with two attached hydrogens (primary N) is 1. The van der Waals surface area contributed by atoms with Crippen LogP contribution in [0.2, 0.25) is 0 Å². The fourth-order valence-corrected chi connectivity index (χ4v) is 3.88. The van der Waals surface area contributed by atoms with E-state index in [-0.39, 0.29) is 11.8 Å². The number of rotatable bonds is 12. The maximum atomic E-state index is 11.6. The largest absolute Gasteiger partial charge is 0.387 e. The third kappa shape index (κ3) is 7.02. The molecule has 2 aliphatic rings. The van der Waals surface area contributed by atoms with Crippen molar-refractivity contribution in [3.05, 3.63) is 65.4 Å². The van der Waals surface area contributed by atoms with Crippen LogP contribution in [-0.4, -0.2) is 56.8 Å². The molecule has 0 aromatic heterocycles. The Hall–Kier alpha value is -3.45. The Bertz CT molecular complexity index is 1020. The molecule has 1 aliphatic carbocycles. The zero-order valence-corrected chi connectivity index (χ0v) is 19.9. The van der Waals surface area contributed by atoms with Gasteiger partial charge in [-0.05, 0) is 36.7 Å². The van der Waals surface area contributed by atoms with Crippen molar-refractivity contribution >= 4 is 35.9 Å². The fraction of sp³-hybridized carbons (Fsp3) is 0.370. The highest BCUT2D eigenvalue weighted by Crippen LogP contribution is 2.34. The molecule has 1 aromatic rings. The molecule has 0 spiro atoms. The fourth-order valence-electron chi connectivity index (χ4n) is 3.88. The lowest BCUT2D eigenvalue weighted by molar-refractivity contribution is -0.110. The van der Waals surface area contributed by atoms with Crippen LogP contribution in [0, 0.1) is 11.8 Å². The maximum Gasteiger partial charge on any atom is 0.207 e. The zero-order valence-electron chi connectivity index (χ0n) is 19.9. The van der Waals surface area contributed by atoms with Gasteiger partial charge in [-0.1, -0.05) is 48.1 Å². The van der Waals surface area contributed by atoms with E-state index in [1.54, 1.807) is 0 Å². The highest BCUT2D eigenvalue weighted by molar-refractivity contribution is 5.91. The second kappa shape index (κ2) is 12.7. The first-order valence-electron chi connectivity index (χ1n) is 11.7. The molecule has 3 rings (SSSR count). The lowest BCUT2D eigenvalue weighted by Crippen LogP contribution is -2.18. The molecule has 34 heavy (non-hydrogen) atoms. The molecular weight excluding hydrogens is 428 g/mol. The number of nitrogens with zero attached hydrogens (tertiary/aromatic N) is 2. The summed E-state index contributed by atoms with van der Waals surface area (Å²) in [5, 5.41) is 2.58. The predicted octanol–water partition coefficient (Wildman–Crippen LogP) is 3.47.